The Balaban J connectivity index is 2.15. The van der Waals surface area contributed by atoms with E-state index in [1.165, 1.54) is 12.8 Å². The molecule has 96 valence electrons. The van der Waals surface area contributed by atoms with E-state index >= 15 is 0 Å². The molecule has 0 amide bonds. The predicted octanol–water partition coefficient (Wildman–Crippen LogP) is 1.76. The zero-order valence-corrected chi connectivity index (χ0v) is 10.9. The van der Waals surface area contributed by atoms with Crippen molar-refractivity contribution >= 4 is 5.95 Å². The lowest BCUT2D eigenvalue weighted by molar-refractivity contribution is 0.300. The summed E-state index contributed by atoms with van der Waals surface area (Å²) in [5, 5.41) is 4.07. The van der Waals surface area contributed by atoms with Crippen molar-refractivity contribution in [2.24, 2.45) is 11.7 Å². The summed E-state index contributed by atoms with van der Waals surface area (Å²) < 4.78 is 5.38. The van der Waals surface area contributed by atoms with Crippen molar-refractivity contribution in [2.75, 3.05) is 18.0 Å². The van der Waals surface area contributed by atoms with Gasteiger partial charge >= 0.3 is 0 Å². The highest BCUT2D eigenvalue weighted by molar-refractivity contribution is 5.29. The smallest absolute Gasteiger partial charge is 0.266 e. The standard InChI is InChI=1S/C12H22N4O/c1-8(2)10(9(3)13)11-14-12(15-17-11)16-6-4-5-7-16/h8-10H,4-7,13H2,1-3H3. The van der Waals surface area contributed by atoms with Crippen molar-refractivity contribution in [3.8, 4) is 0 Å². The number of hydrogen-bond acceptors (Lipinski definition) is 5. The van der Waals surface area contributed by atoms with Gasteiger partial charge in [0.05, 0.1) is 5.92 Å². The van der Waals surface area contributed by atoms with Crippen LogP contribution < -0.4 is 10.6 Å². The first kappa shape index (κ1) is 12.4. The van der Waals surface area contributed by atoms with Gasteiger partial charge in [-0.15, -0.1) is 0 Å². The van der Waals surface area contributed by atoms with E-state index in [0.29, 0.717) is 11.8 Å². The summed E-state index contributed by atoms with van der Waals surface area (Å²) in [6.07, 6.45) is 2.43. The fourth-order valence-electron chi connectivity index (χ4n) is 2.53. The van der Waals surface area contributed by atoms with Crippen LogP contribution >= 0.6 is 0 Å². The highest BCUT2D eigenvalue weighted by Gasteiger charge is 2.27. The fraction of sp³-hybridized carbons (Fsp3) is 0.833. The van der Waals surface area contributed by atoms with E-state index in [9.17, 15) is 0 Å². The molecule has 0 saturated carbocycles. The summed E-state index contributed by atoms with van der Waals surface area (Å²) in [5.74, 6) is 1.95. The summed E-state index contributed by atoms with van der Waals surface area (Å²) >= 11 is 0. The maximum absolute atomic E-state index is 5.99. The monoisotopic (exact) mass is 238 g/mol. The second-order valence-electron chi connectivity index (χ2n) is 5.26. The van der Waals surface area contributed by atoms with E-state index in [-0.39, 0.29) is 12.0 Å². The van der Waals surface area contributed by atoms with E-state index in [1.807, 2.05) is 6.92 Å². The van der Waals surface area contributed by atoms with Crippen LogP contribution in [0.3, 0.4) is 0 Å². The molecule has 0 aromatic carbocycles. The summed E-state index contributed by atoms with van der Waals surface area (Å²) in [5.41, 5.74) is 5.99. The van der Waals surface area contributed by atoms with Crippen LogP contribution in [0.4, 0.5) is 5.95 Å². The van der Waals surface area contributed by atoms with Gasteiger partial charge in [0.15, 0.2) is 0 Å². The molecule has 0 spiro atoms. The predicted molar refractivity (Wildman–Crippen MR) is 67.0 cm³/mol. The van der Waals surface area contributed by atoms with Crippen LogP contribution in [0, 0.1) is 5.92 Å². The van der Waals surface area contributed by atoms with Crippen LogP contribution in [0.15, 0.2) is 4.52 Å². The molecule has 17 heavy (non-hydrogen) atoms. The molecular formula is C12H22N4O. The SMILES string of the molecule is CC(C)C(c1nc(N2CCCC2)no1)C(C)N. The molecule has 2 atom stereocenters. The van der Waals surface area contributed by atoms with Gasteiger partial charge in [0.1, 0.15) is 0 Å². The molecular weight excluding hydrogens is 216 g/mol. The molecule has 2 unspecified atom stereocenters. The fourth-order valence-corrected chi connectivity index (χ4v) is 2.53. The Kier molecular flexibility index (Phi) is 3.66. The first-order chi connectivity index (χ1) is 8.09. The second kappa shape index (κ2) is 5.04. The second-order valence-corrected chi connectivity index (χ2v) is 5.26. The molecule has 5 heteroatoms. The van der Waals surface area contributed by atoms with E-state index < -0.39 is 0 Å². The highest BCUT2D eigenvalue weighted by atomic mass is 16.5. The zero-order valence-electron chi connectivity index (χ0n) is 10.9. The van der Waals surface area contributed by atoms with Gasteiger partial charge in [-0.25, -0.2) is 0 Å². The van der Waals surface area contributed by atoms with Crippen LogP contribution in [-0.2, 0) is 0 Å². The van der Waals surface area contributed by atoms with Gasteiger partial charge in [0.2, 0.25) is 5.89 Å². The van der Waals surface area contributed by atoms with Gasteiger partial charge in [-0.2, -0.15) is 4.98 Å². The Morgan fingerprint density at radius 3 is 2.41 bits per heavy atom. The first-order valence-corrected chi connectivity index (χ1v) is 6.43. The number of nitrogens with zero attached hydrogens (tertiary/aromatic N) is 3. The van der Waals surface area contributed by atoms with Crippen LogP contribution in [0.25, 0.3) is 0 Å². The molecule has 0 radical (unpaired) electrons. The molecule has 2 heterocycles. The third kappa shape index (κ3) is 2.60. The van der Waals surface area contributed by atoms with Crippen molar-refractivity contribution in [2.45, 2.75) is 45.6 Å². The molecule has 1 aromatic heterocycles. The molecule has 1 aliphatic rings. The van der Waals surface area contributed by atoms with Crippen LogP contribution in [-0.4, -0.2) is 29.3 Å². The summed E-state index contributed by atoms with van der Waals surface area (Å²) in [6.45, 7) is 8.32. The maximum atomic E-state index is 5.99. The van der Waals surface area contributed by atoms with Gasteiger partial charge < -0.3 is 15.2 Å². The number of nitrogens with two attached hydrogens (primary N) is 1. The molecule has 2 rings (SSSR count). The Bertz CT molecular complexity index is 347. The van der Waals surface area contributed by atoms with Crippen LogP contribution in [0.5, 0.6) is 0 Å². The van der Waals surface area contributed by atoms with Crippen LogP contribution in [0.1, 0.15) is 45.4 Å². The molecule has 0 aliphatic carbocycles. The Morgan fingerprint density at radius 1 is 1.24 bits per heavy atom. The molecule has 1 aliphatic heterocycles. The first-order valence-electron chi connectivity index (χ1n) is 6.43. The Morgan fingerprint density at radius 2 is 1.88 bits per heavy atom. The number of hydrogen-bond donors (Lipinski definition) is 1. The van der Waals surface area contributed by atoms with E-state index in [0.717, 1.165) is 19.0 Å². The maximum Gasteiger partial charge on any atom is 0.266 e. The lowest BCUT2D eigenvalue weighted by Crippen LogP contribution is -2.29. The van der Waals surface area contributed by atoms with Crippen molar-refractivity contribution in [3.63, 3.8) is 0 Å². The van der Waals surface area contributed by atoms with Gasteiger partial charge in [-0.3, -0.25) is 0 Å². The van der Waals surface area contributed by atoms with Crippen molar-refractivity contribution in [3.05, 3.63) is 5.89 Å². The summed E-state index contributed by atoms with van der Waals surface area (Å²) in [6, 6.07) is 0.0295. The normalized spacial score (nSPS) is 19.9. The molecule has 1 saturated heterocycles. The zero-order chi connectivity index (χ0) is 12.4. The highest BCUT2D eigenvalue weighted by Crippen LogP contribution is 2.27. The third-order valence-corrected chi connectivity index (χ3v) is 3.39. The minimum Gasteiger partial charge on any atom is -0.338 e. The average Bonchev–Trinajstić information content (AvgIpc) is 2.83. The summed E-state index contributed by atoms with van der Waals surface area (Å²) in [7, 11) is 0. The minimum absolute atomic E-state index is 0.0295. The Labute approximate surface area is 102 Å². The third-order valence-electron chi connectivity index (χ3n) is 3.39. The van der Waals surface area contributed by atoms with Crippen LogP contribution in [0.2, 0.25) is 0 Å². The lowest BCUT2D eigenvalue weighted by atomic mass is 9.90. The minimum atomic E-state index is 0.0295. The molecule has 1 aromatic rings. The summed E-state index contributed by atoms with van der Waals surface area (Å²) in [4.78, 5) is 6.68. The lowest BCUT2D eigenvalue weighted by Gasteiger charge is -2.20. The van der Waals surface area contributed by atoms with Gasteiger partial charge in [-0.05, 0) is 30.8 Å². The van der Waals surface area contributed by atoms with E-state index in [2.05, 4.69) is 28.9 Å². The quantitative estimate of drug-likeness (QED) is 0.865. The van der Waals surface area contributed by atoms with Gasteiger partial charge in [-0.1, -0.05) is 13.8 Å². The van der Waals surface area contributed by atoms with Gasteiger partial charge in [0.25, 0.3) is 5.95 Å². The van der Waals surface area contributed by atoms with Crippen molar-refractivity contribution in [1.82, 2.24) is 10.1 Å². The number of aromatic nitrogens is 2. The van der Waals surface area contributed by atoms with E-state index in [4.69, 9.17) is 10.3 Å². The molecule has 5 nitrogen and oxygen atoms in total. The largest absolute Gasteiger partial charge is 0.338 e. The van der Waals surface area contributed by atoms with Crippen molar-refractivity contribution in [1.29, 1.82) is 0 Å². The number of rotatable bonds is 4. The number of anilines is 1. The molecule has 0 bridgehead atoms. The molecule has 1 fully saturated rings. The van der Waals surface area contributed by atoms with E-state index in [1.54, 1.807) is 0 Å². The van der Waals surface area contributed by atoms with Gasteiger partial charge in [0, 0.05) is 19.1 Å². The average molecular weight is 238 g/mol. The van der Waals surface area contributed by atoms with Crippen molar-refractivity contribution < 1.29 is 4.52 Å². The topological polar surface area (TPSA) is 68.2 Å². The molecule has 2 N–H and O–H groups in total. The Hall–Kier alpha value is -1.10.